The lowest BCUT2D eigenvalue weighted by Gasteiger charge is -2.01. The zero-order valence-electron chi connectivity index (χ0n) is 8.19. The van der Waals surface area contributed by atoms with Crippen molar-refractivity contribution in [1.29, 1.82) is 0 Å². The molecular formula is C12H13O2. The van der Waals surface area contributed by atoms with Crippen molar-refractivity contribution in [3.8, 4) is 0 Å². The highest BCUT2D eigenvalue weighted by molar-refractivity contribution is 5.89. The summed E-state index contributed by atoms with van der Waals surface area (Å²) in [5.41, 5.74) is 1.58. The van der Waals surface area contributed by atoms with Gasteiger partial charge in [-0.05, 0) is 30.5 Å². The molecule has 0 aliphatic carbocycles. The number of carbonyl (C=O) groups is 1. The maximum atomic E-state index is 11.2. The minimum atomic E-state index is -0.307. The zero-order valence-corrected chi connectivity index (χ0v) is 8.19. The molecule has 0 bridgehead atoms. The van der Waals surface area contributed by atoms with Crippen LogP contribution in [0.15, 0.2) is 36.9 Å². The van der Waals surface area contributed by atoms with Gasteiger partial charge in [0.15, 0.2) is 0 Å². The van der Waals surface area contributed by atoms with Crippen LogP contribution in [-0.4, -0.2) is 13.1 Å². The molecule has 14 heavy (non-hydrogen) atoms. The third-order valence-electron chi connectivity index (χ3n) is 1.83. The van der Waals surface area contributed by atoms with E-state index in [-0.39, 0.29) is 5.97 Å². The molecule has 0 aliphatic heterocycles. The van der Waals surface area contributed by atoms with Crippen LogP contribution in [0.1, 0.15) is 22.3 Å². The summed E-state index contributed by atoms with van der Waals surface area (Å²) in [6.45, 7) is 3.63. The van der Waals surface area contributed by atoms with E-state index in [0.717, 1.165) is 12.0 Å². The second-order valence-electron chi connectivity index (χ2n) is 2.85. The highest BCUT2D eigenvalue weighted by Crippen LogP contribution is 2.10. The third-order valence-corrected chi connectivity index (χ3v) is 1.83. The molecule has 1 rings (SSSR count). The SMILES string of the molecule is C=CC[CH]c1cccc(C(=O)OC)c1. The van der Waals surface area contributed by atoms with Crippen LogP contribution in [0, 0.1) is 6.42 Å². The number of esters is 1. The minimum absolute atomic E-state index is 0.307. The summed E-state index contributed by atoms with van der Waals surface area (Å²) in [7, 11) is 1.38. The molecule has 1 aromatic rings. The molecule has 0 spiro atoms. The largest absolute Gasteiger partial charge is 0.465 e. The standard InChI is InChI=1S/C12H13O2/c1-3-4-6-10-7-5-8-11(9-10)12(13)14-2/h3,5-9H,1,4H2,2H3. The fourth-order valence-corrected chi connectivity index (χ4v) is 1.13. The summed E-state index contributed by atoms with van der Waals surface area (Å²) in [5, 5.41) is 0. The third kappa shape index (κ3) is 2.73. The van der Waals surface area contributed by atoms with Crippen molar-refractivity contribution in [3.05, 3.63) is 54.5 Å². The summed E-state index contributed by atoms with van der Waals surface area (Å²) in [5.74, 6) is -0.307. The lowest BCUT2D eigenvalue weighted by Crippen LogP contribution is -2.01. The molecular weight excluding hydrogens is 176 g/mol. The van der Waals surface area contributed by atoms with Crippen molar-refractivity contribution in [2.45, 2.75) is 6.42 Å². The van der Waals surface area contributed by atoms with E-state index in [9.17, 15) is 4.79 Å². The van der Waals surface area contributed by atoms with E-state index < -0.39 is 0 Å². The molecule has 0 atom stereocenters. The highest BCUT2D eigenvalue weighted by Gasteiger charge is 2.04. The smallest absolute Gasteiger partial charge is 0.337 e. The average Bonchev–Trinajstić information content (AvgIpc) is 2.25. The molecule has 0 heterocycles. The van der Waals surface area contributed by atoms with Crippen LogP contribution in [0.2, 0.25) is 0 Å². The number of rotatable bonds is 4. The molecule has 2 nitrogen and oxygen atoms in total. The van der Waals surface area contributed by atoms with Gasteiger partial charge in [-0.25, -0.2) is 4.79 Å². The van der Waals surface area contributed by atoms with Gasteiger partial charge in [-0.15, -0.1) is 6.58 Å². The van der Waals surface area contributed by atoms with Crippen LogP contribution in [0.25, 0.3) is 0 Å². The second kappa shape index (κ2) is 5.22. The lowest BCUT2D eigenvalue weighted by atomic mass is 10.1. The first kappa shape index (κ1) is 10.5. The lowest BCUT2D eigenvalue weighted by molar-refractivity contribution is 0.0600. The molecule has 0 aliphatic rings. The van der Waals surface area contributed by atoms with E-state index in [1.807, 2.05) is 24.6 Å². The molecule has 0 saturated carbocycles. The van der Waals surface area contributed by atoms with Gasteiger partial charge in [0.05, 0.1) is 12.7 Å². The van der Waals surface area contributed by atoms with Gasteiger partial charge in [-0.3, -0.25) is 0 Å². The second-order valence-corrected chi connectivity index (χ2v) is 2.85. The number of ether oxygens (including phenoxy) is 1. The first-order valence-electron chi connectivity index (χ1n) is 4.40. The number of methoxy groups -OCH3 is 1. The van der Waals surface area contributed by atoms with Gasteiger partial charge in [0, 0.05) is 0 Å². The Morgan fingerprint density at radius 1 is 1.57 bits per heavy atom. The van der Waals surface area contributed by atoms with Crippen LogP contribution in [-0.2, 0) is 4.74 Å². The minimum Gasteiger partial charge on any atom is -0.465 e. The summed E-state index contributed by atoms with van der Waals surface area (Å²) in [6, 6.07) is 7.31. The Labute approximate surface area is 84.2 Å². The normalized spacial score (nSPS) is 9.50. The van der Waals surface area contributed by atoms with E-state index in [0.29, 0.717) is 5.56 Å². The van der Waals surface area contributed by atoms with Crippen LogP contribution < -0.4 is 0 Å². The molecule has 1 radical (unpaired) electrons. The first-order chi connectivity index (χ1) is 6.77. The average molecular weight is 189 g/mol. The molecule has 0 amide bonds. The number of hydrogen-bond donors (Lipinski definition) is 0. The Morgan fingerprint density at radius 3 is 3.00 bits per heavy atom. The predicted octanol–water partition coefficient (Wildman–Crippen LogP) is 2.60. The summed E-state index contributed by atoms with van der Waals surface area (Å²) < 4.78 is 4.62. The van der Waals surface area contributed by atoms with E-state index in [2.05, 4.69) is 11.3 Å². The van der Waals surface area contributed by atoms with E-state index in [1.165, 1.54) is 7.11 Å². The molecule has 0 aromatic heterocycles. The van der Waals surface area contributed by atoms with Gasteiger partial charge in [0.1, 0.15) is 0 Å². The van der Waals surface area contributed by atoms with Gasteiger partial charge in [-0.1, -0.05) is 18.2 Å². The number of carbonyl (C=O) groups excluding carboxylic acids is 1. The van der Waals surface area contributed by atoms with Gasteiger partial charge in [-0.2, -0.15) is 0 Å². The molecule has 0 unspecified atom stereocenters. The highest BCUT2D eigenvalue weighted by atomic mass is 16.5. The number of allylic oxidation sites excluding steroid dienone is 1. The Hall–Kier alpha value is -1.57. The van der Waals surface area contributed by atoms with Crippen molar-refractivity contribution in [3.63, 3.8) is 0 Å². The predicted molar refractivity (Wildman–Crippen MR) is 56.0 cm³/mol. The zero-order chi connectivity index (χ0) is 10.4. The van der Waals surface area contributed by atoms with Crippen LogP contribution in [0.4, 0.5) is 0 Å². The van der Waals surface area contributed by atoms with Crippen molar-refractivity contribution in [1.82, 2.24) is 0 Å². The maximum absolute atomic E-state index is 11.2. The molecule has 0 N–H and O–H groups in total. The maximum Gasteiger partial charge on any atom is 0.337 e. The van der Waals surface area contributed by atoms with Gasteiger partial charge < -0.3 is 4.74 Å². The molecule has 73 valence electrons. The van der Waals surface area contributed by atoms with E-state index in [4.69, 9.17) is 0 Å². The molecule has 2 heteroatoms. The first-order valence-corrected chi connectivity index (χ1v) is 4.40. The fourth-order valence-electron chi connectivity index (χ4n) is 1.13. The van der Waals surface area contributed by atoms with Crippen molar-refractivity contribution < 1.29 is 9.53 Å². The Balaban J connectivity index is 2.78. The van der Waals surface area contributed by atoms with E-state index >= 15 is 0 Å². The summed E-state index contributed by atoms with van der Waals surface area (Å²) >= 11 is 0. The number of benzene rings is 1. The Morgan fingerprint density at radius 2 is 2.36 bits per heavy atom. The fraction of sp³-hybridized carbons (Fsp3) is 0.167. The summed E-state index contributed by atoms with van der Waals surface area (Å²) in [6.07, 6.45) is 4.61. The van der Waals surface area contributed by atoms with Gasteiger partial charge in [0.25, 0.3) is 0 Å². The molecule has 1 aromatic carbocycles. The molecule has 0 saturated heterocycles. The van der Waals surface area contributed by atoms with Crippen LogP contribution in [0.5, 0.6) is 0 Å². The monoisotopic (exact) mass is 189 g/mol. The van der Waals surface area contributed by atoms with E-state index in [1.54, 1.807) is 12.1 Å². The Bertz CT molecular complexity index is 329. The van der Waals surface area contributed by atoms with Gasteiger partial charge >= 0.3 is 5.97 Å². The number of hydrogen-bond acceptors (Lipinski definition) is 2. The summed E-state index contributed by atoms with van der Waals surface area (Å²) in [4.78, 5) is 11.2. The molecule has 0 fully saturated rings. The van der Waals surface area contributed by atoms with Crippen LogP contribution >= 0.6 is 0 Å². The van der Waals surface area contributed by atoms with Crippen molar-refractivity contribution in [2.24, 2.45) is 0 Å². The topological polar surface area (TPSA) is 26.3 Å². The Kier molecular flexibility index (Phi) is 3.92. The van der Waals surface area contributed by atoms with Crippen molar-refractivity contribution in [2.75, 3.05) is 7.11 Å². The van der Waals surface area contributed by atoms with Crippen LogP contribution in [0.3, 0.4) is 0 Å². The van der Waals surface area contributed by atoms with Crippen molar-refractivity contribution >= 4 is 5.97 Å². The van der Waals surface area contributed by atoms with Gasteiger partial charge in [0.2, 0.25) is 0 Å². The quantitative estimate of drug-likeness (QED) is 0.537.